The normalized spacial score (nSPS) is 27.1. The van der Waals surface area contributed by atoms with Crippen LogP contribution in [0.5, 0.6) is 0 Å². The van der Waals surface area contributed by atoms with Crippen LogP contribution in [0, 0.1) is 5.92 Å². The molecule has 1 aliphatic carbocycles. The summed E-state index contributed by atoms with van der Waals surface area (Å²) in [5, 5.41) is 12.4. The number of nitrogens with one attached hydrogen (secondary N) is 1. The van der Waals surface area contributed by atoms with Gasteiger partial charge in [0, 0.05) is 26.2 Å². The van der Waals surface area contributed by atoms with Gasteiger partial charge in [0.1, 0.15) is 6.04 Å². The fraction of sp³-hybridized carbons (Fsp3) is 0.923. The number of carbonyl (C=O) groups is 1. The monoisotopic (exact) mass is 256 g/mol. The molecule has 2 rings (SSSR count). The Hall–Kier alpha value is -0.650. The minimum absolute atomic E-state index is 0.418. The predicted octanol–water partition coefficient (Wildman–Crippen LogP) is 0.550. The second kappa shape index (κ2) is 6.50. The Kier molecular flexibility index (Phi) is 4.97. The summed E-state index contributed by atoms with van der Waals surface area (Å²) in [6, 6.07) is 0.0180. The first-order valence-electron chi connectivity index (χ1n) is 6.89. The Morgan fingerprint density at radius 2 is 2.28 bits per heavy atom. The number of piperidine rings is 1. The van der Waals surface area contributed by atoms with Gasteiger partial charge in [-0.3, -0.25) is 4.79 Å². The molecule has 0 aromatic carbocycles. The highest BCUT2D eigenvalue weighted by atomic mass is 16.5. The Balaban J connectivity index is 1.79. The van der Waals surface area contributed by atoms with E-state index in [1.165, 1.54) is 6.42 Å². The van der Waals surface area contributed by atoms with Crippen LogP contribution >= 0.6 is 0 Å². The van der Waals surface area contributed by atoms with Gasteiger partial charge >= 0.3 is 5.97 Å². The lowest BCUT2D eigenvalue weighted by atomic mass is 9.98. The van der Waals surface area contributed by atoms with Gasteiger partial charge in [-0.15, -0.1) is 0 Å². The standard InChI is InChI=1S/C13H24N2O3/c1-18-9-10-3-2-6-15(7-10)8-12(13(16)17)14-11-4-5-11/h10-12,14H,2-9H2,1H3,(H,16,17). The summed E-state index contributed by atoms with van der Waals surface area (Å²) in [5.41, 5.74) is 0. The van der Waals surface area contributed by atoms with Crippen LogP contribution < -0.4 is 5.32 Å². The average molecular weight is 256 g/mol. The van der Waals surface area contributed by atoms with Crippen LogP contribution in [0.25, 0.3) is 0 Å². The number of ether oxygens (including phenoxy) is 1. The van der Waals surface area contributed by atoms with E-state index in [9.17, 15) is 9.90 Å². The Morgan fingerprint density at radius 1 is 1.50 bits per heavy atom. The topological polar surface area (TPSA) is 61.8 Å². The molecule has 5 nitrogen and oxygen atoms in total. The number of hydrogen-bond acceptors (Lipinski definition) is 4. The lowest BCUT2D eigenvalue weighted by Gasteiger charge is -2.34. The van der Waals surface area contributed by atoms with Gasteiger partial charge in [0.05, 0.1) is 6.61 Å². The summed E-state index contributed by atoms with van der Waals surface area (Å²) in [4.78, 5) is 13.5. The van der Waals surface area contributed by atoms with Crippen molar-refractivity contribution in [1.82, 2.24) is 10.2 Å². The minimum atomic E-state index is -0.726. The molecule has 2 aliphatic rings. The molecule has 2 unspecified atom stereocenters. The van der Waals surface area contributed by atoms with Crippen molar-refractivity contribution in [2.75, 3.05) is 33.4 Å². The van der Waals surface area contributed by atoms with Crippen molar-refractivity contribution in [3.05, 3.63) is 0 Å². The molecule has 1 heterocycles. The van der Waals surface area contributed by atoms with E-state index in [4.69, 9.17) is 4.74 Å². The Morgan fingerprint density at radius 3 is 2.89 bits per heavy atom. The first-order chi connectivity index (χ1) is 8.69. The largest absolute Gasteiger partial charge is 0.480 e. The molecule has 104 valence electrons. The minimum Gasteiger partial charge on any atom is -0.480 e. The summed E-state index contributed by atoms with van der Waals surface area (Å²) in [6.45, 7) is 3.37. The summed E-state index contributed by atoms with van der Waals surface area (Å²) in [5.74, 6) is -0.171. The van der Waals surface area contributed by atoms with Crippen molar-refractivity contribution in [3.63, 3.8) is 0 Å². The van der Waals surface area contributed by atoms with Crippen LogP contribution in [0.2, 0.25) is 0 Å². The van der Waals surface area contributed by atoms with Crippen molar-refractivity contribution >= 4 is 5.97 Å². The molecule has 5 heteroatoms. The fourth-order valence-corrected chi connectivity index (χ4v) is 2.68. The summed E-state index contributed by atoms with van der Waals surface area (Å²) >= 11 is 0. The number of carboxylic acid groups (broad SMARTS) is 1. The molecule has 0 aromatic rings. The third-order valence-electron chi connectivity index (χ3n) is 3.76. The third kappa shape index (κ3) is 4.23. The maximum absolute atomic E-state index is 11.2. The van der Waals surface area contributed by atoms with Gasteiger partial charge in [0.25, 0.3) is 0 Å². The van der Waals surface area contributed by atoms with Crippen molar-refractivity contribution < 1.29 is 14.6 Å². The third-order valence-corrected chi connectivity index (χ3v) is 3.76. The summed E-state index contributed by atoms with van der Waals surface area (Å²) in [7, 11) is 1.73. The maximum atomic E-state index is 11.2. The predicted molar refractivity (Wildman–Crippen MR) is 68.6 cm³/mol. The second-order valence-electron chi connectivity index (χ2n) is 5.55. The van der Waals surface area contributed by atoms with E-state index in [1.54, 1.807) is 7.11 Å². The molecule has 2 atom stereocenters. The smallest absolute Gasteiger partial charge is 0.322 e. The molecule has 0 aromatic heterocycles. The SMILES string of the molecule is COCC1CCCN(CC(NC2CC2)C(=O)O)C1. The Labute approximate surface area is 108 Å². The van der Waals surface area contributed by atoms with Crippen LogP contribution in [-0.2, 0) is 9.53 Å². The molecular formula is C13H24N2O3. The Bertz CT molecular complexity index is 279. The van der Waals surface area contributed by atoms with Crippen LogP contribution in [0.4, 0.5) is 0 Å². The van der Waals surface area contributed by atoms with Gasteiger partial charge in [-0.1, -0.05) is 0 Å². The van der Waals surface area contributed by atoms with Gasteiger partial charge in [0.2, 0.25) is 0 Å². The highest BCUT2D eigenvalue weighted by Crippen LogP contribution is 2.21. The quantitative estimate of drug-likeness (QED) is 0.696. The highest BCUT2D eigenvalue weighted by Gasteiger charge is 2.30. The molecule has 0 radical (unpaired) electrons. The number of rotatable bonds is 7. The highest BCUT2D eigenvalue weighted by molar-refractivity contribution is 5.73. The van der Waals surface area contributed by atoms with Gasteiger partial charge in [-0.05, 0) is 38.1 Å². The number of methoxy groups -OCH3 is 1. The van der Waals surface area contributed by atoms with Crippen molar-refractivity contribution in [1.29, 1.82) is 0 Å². The maximum Gasteiger partial charge on any atom is 0.322 e. The van der Waals surface area contributed by atoms with E-state index < -0.39 is 12.0 Å². The zero-order valence-corrected chi connectivity index (χ0v) is 11.1. The van der Waals surface area contributed by atoms with Crippen LogP contribution in [0.15, 0.2) is 0 Å². The van der Waals surface area contributed by atoms with E-state index >= 15 is 0 Å². The number of aliphatic carboxylic acids is 1. The van der Waals surface area contributed by atoms with Crippen molar-refractivity contribution in [2.24, 2.45) is 5.92 Å². The zero-order valence-electron chi connectivity index (χ0n) is 11.1. The van der Waals surface area contributed by atoms with Gasteiger partial charge in [0.15, 0.2) is 0 Å². The van der Waals surface area contributed by atoms with Gasteiger partial charge < -0.3 is 20.1 Å². The molecule has 1 aliphatic heterocycles. The van der Waals surface area contributed by atoms with Crippen LogP contribution in [0.1, 0.15) is 25.7 Å². The first kappa shape index (κ1) is 13.8. The molecule has 1 saturated heterocycles. The van der Waals surface area contributed by atoms with Crippen LogP contribution in [0.3, 0.4) is 0 Å². The van der Waals surface area contributed by atoms with E-state index in [2.05, 4.69) is 10.2 Å². The van der Waals surface area contributed by atoms with E-state index in [0.717, 1.165) is 39.0 Å². The molecule has 18 heavy (non-hydrogen) atoms. The number of likely N-dealkylation sites (tertiary alicyclic amines) is 1. The van der Waals surface area contributed by atoms with Gasteiger partial charge in [-0.2, -0.15) is 0 Å². The van der Waals surface area contributed by atoms with Gasteiger partial charge in [-0.25, -0.2) is 0 Å². The lowest BCUT2D eigenvalue weighted by Crippen LogP contribution is -2.49. The zero-order chi connectivity index (χ0) is 13.0. The molecular weight excluding hydrogens is 232 g/mol. The van der Waals surface area contributed by atoms with Crippen molar-refractivity contribution in [3.8, 4) is 0 Å². The molecule has 1 saturated carbocycles. The number of carboxylic acids is 1. The summed E-state index contributed by atoms with van der Waals surface area (Å²) in [6.07, 6.45) is 4.58. The lowest BCUT2D eigenvalue weighted by molar-refractivity contribution is -0.140. The molecule has 0 amide bonds. The first-order valence-corrected chi connectivity index (χ1v) is 6.89. The van der Waals surface area contributed by atoms with Crippen molar-refractivity contribution in [2.45, 2.75) is 37.8 Å². The van der Waals surface area contributed by atoms with E-state index in [0.29, 0.717) is 18.5 Å². The molecule has 0 bridgehead atoms. The van der Waals surface area contributed by atoms with E-state index in [-0.39, 0.29) is 0 Å². The fourth-order valence-electron chi connectivity index (χ4n) is 2.68. The van der Waals surface area contributed by atoms with Crippen LogP contribution in [-0.4, -0.2) is 61.4 Å². The summed E-state index contributed by atoms with van der Waals surface area (Å²) < 4.78 is 5.20. The number of nitrogens with zero attached hydrogens (tertiary/aromatic N) is 1. The number of hydrogen-bond donors (Lipinski definition) is 2. The van der Waals surface area contributed by atoms with E-state index in [1.807, 2.05) is 0 Å². The average Bonchev–Trinajstić information content (AvgIpc) is 3.13. The molecule has 2 N–H and O–H groups in total. The molecule has 2 fully saturated rings. The second-order valence-corrected chi connectivity index (χ2v) is 5.55. The molecule has 0 spiro atoms.